The maximum Gasteiger partial charge on any atom is 0.248 e. The molecule has 0 spiro atoms. The van der Waals surface area contributed by atoms with Crippen molar-refractivity contribution in [1.29, 1.82) is 0 Å². The summed E-state index contributed by atoms with van der Waals surface area (Å²) in [6, 6.07) is -6.39. The van der Waals surface area contributed by atoms with Crippen molar-refractivity contribution in [2.24, 2.45) is 17.4 Å². The first-order chi connectivity index (χ1) is 36.1. The molecule has 3 aliphatic heterocycles. The fourth-order valence-corrected chi connectivity index (χ4v) is 9.83. The molecule has 0 aliphatic carbocycles. The maximum atomic E-state index is 14.6. The standard InChI is InChI=1S/C51H86N10O15/c1-4-28(2)13-11-9-7-5-6-8-10-12-14-38(68)55-33-26-37(67)45(54-23-22-53)59-49(74)42-36(66)20-24-60(42)51(76)40(35(65)19-21-52)57-48(73)41(44(70)43(69)30-15-17-31(63)18-16-30)58-47(72)34-25-32(64)27-61(34)50(75)39(29(3)62)56-46(33)71/h15-18,28-29,32-37,39-45,54,62-67,69-70H,4-14,19-27,52-53H2,1-3H3,(H,55,68)(H,56,71)(H,57,73)(H,58,72)(H,59,74)/t28-,29+,32+,33-,34-,35+,36-,37+,39-,40-,41-,42-,43-,44-,45-/m0/s1. The van der Waals surface area contributed by atoms with Crippen LogP contribution in [0.1, 0.15) is 129 Å². The maximum absolute atomic E-state index is 14.6. The Morgan fingerprint density at radius 2 is 1.32 bits per heavy atom. The smallest absolute Gasteiger partial charge is 0.248 e. The number of aliphatic hydroxyl groups is 7. The number of phenolic OH excluding ortho intramolecular Hbond substituents is 1. The minimum atomic E-state index is -2.28. The second-order valence-corrected chi connectivity index (χ2v) is 20.6. The Bertz CT molecular complexity index is 2040. The molecule has 0 radical (unpaired) electrons. The average Bonchev–Trinajstić information content (AvgIpc) is 3.98. The summed E-state index contributed by atoms with van der Waals surface area (Å²) in [5.74, 6) is -7.05. The number of amides is 7. The molecule has 7 amide bonds. The largest absolute Gasteiger partial charge is 0.508 e. The SMILES string of the molecule is CC[C@H](C)CCCCCCCCCCC(=O)N[C@H]1C[C@@H](O)[C@@H](NCCN)NC(=O)[C@@H]2[C@@H](O)CCN2C(=O)[C@H]([C@H](O)CCN)NC(=O)[C@H]([C@H](O)[C@@H](O)c2ccc(O)cc2)NC(=O)[C@@H]2C[C@@H](O)CN2C(=O)[C@H]([C@@H](C)O)NC1=O. The molecule has 1 aromatic rings. The van der Waals surface area contributed by atoms with Gasteiger partial charge in [0.1, 0.15) is 60.4 Å². The highest BCUT2D eigenvalue weighted by atomic mass is 16.3. The van der Waals surface area contributed by atoms with E-state index in [4.69, 9.17) is 11.5 Å². The van der Waals surface area contributed by atoms with E-state index in [1.54, 1.807) is 0 Å². The number of rotatable bonds is 23. The molecule has 0 bridgehead atoms. The third-order valence-corrected chi connectivity index (χ3v) is 14.6. The molecule has 25 heteroatoms. The zero-order valence-electron chi connectivity index (χ0n) is 44.1. The van der Waals surface area contributed by atoms with Crippen molar-refractivity contribution in [3.63, 3.8) is 0 Å². The van der Waals surface area contributed by atoms with Gasteiger partial charge in [-0.05, 0) is 56.3 Å². The van der Waals surface area contributed by atoms with Crippen LogP contribution in [0.4, 0.5) is 0 Å². The molecular formula is C51H86N10O15. The summed E-state index contributed by atoms with van der Waals surface area (Å²) < 4.78 is 0. The summed E-state index contributed by atoms with van der Waals surface area (Å²) in [6.07, 6.45) is -5.66. The lowest BCUT2D eigenvalue weighted by atomic mass is 9.96. The molecule has 1 aromatic carbocycles. The fourth-order valence-electron chi connectivity index (χ4n) is 9.83. The predicted molar refractivity (Wildman–Crippen MR) is 276 cm³/mol. The van der Waals surface area contributed by atoms with Gasteiger partial charge in [-0.2, -0.15) is 0 Å². The summed E-state index contributed by atoms with van der Waals surface area (Å²) in [7, 11) is 0. The third kappa shape index (κ3) is 18.3. The molecule has 3 heterocycles. The first-order valence-corrected chi connectivity index (χ1v) is 26.9. The van der Waals surface area contributed by atoms with Crippen LogP contribution >= 0.6 is 0 Å². The van der Waals surface area contributed by atoms with Crippen LogP contribution in [0.5, 0.6) is 5.75 Å². The number of hydrogen-bond donors (Lipinski definition) is 16. The lowest BCUT2D eigenvalue weighted by molar-refractivity contribution is -0.148. The van der Waals surface area contributed by atoms with E-state index in [1.807, 2.05) is 0 Å². The summed E-state index contributed by atoms with van der Waals surface area (Å²) in [5, 5.41) is 104. The van der Waals surface area contributed by atoms with E-state index in [1.165, 1.54) is 37.1 Å². The van der Waals surface area contributed by atoms with Gasteiger partial charge in [-0.15, -0.1) is 0 Å². The van der Waals surface area contributed by atoms with Crippen molar-refractivity contribution in [1.82, 2.24) is 41.7 Å². The van der Waals surface area contributed by atoms with Gasteiger partial charge in [0.2, 0.25) is 41.4 Å². The Balaban J connectivity index is 1.74. The van der Waals surface area contributed by atoms with Crippen LogP contribution < -0.4 is 43.4 Å². The zero-order chi connectivity index (χ0) is 56.2. The predicted octanol–water partition coefficient (Wildman–Crippen LogP) is -3.56. The van der Waals surface area contributed by atoms with Crippen molar-refractivity contribution in [2.75, 3.05) is 32.7 Å². The average molecular weight is 1080 g/mol. The molecule has 0 unspecified atom stereocenters. The monoisotopic (exact) mass is 1080 g/mol. The number of aliphatic hydroxyl groups excluding tert-OH is 7. The van der Waals surface area contributed by atoms with E-state index in [0.717, 1.165) is 55.2 Å². The number of aromatic hydroxyl groups is 1. The molecule has 18 N–H and O–H groups in total. The molecule has 0 aromatic heterocycles. The first-order valence-electron chi connectivity index (χ1n) is 26.9. The van der Waals surface area contributed by atoms with Crippen LogP contribution in [0.2, 0.25) is 0 Å². The molecule has 3 aliphatic rings. The van der Waals surface area contributed by atoms with Gasteiger partial charge in [0.15, 0.2) is 0 Å². The van der Waals surface area contributed by atoms with Crippen molar-refractivity contribution < 1.29 is 74.4 Å². The summed E-state index contributed by atoms with van der Waals surface area (Å²) >= 11 is 0. The molecule has 15 atom stereocenters. The van der Waals surface area contributed by atoms with Crippen molar-refractivity contribution in [3.8, 4) is 5.75 Å². The summed E-state index contributed by atoms with van der Waals surface area (Å²) in [5.41, 5.74) is 11.5. The van der Waals surface area contributed by atoms with E-state index in [2.05, 4.69) is 45.7 Å². The lowest BCUT2D eigenvalue weighted by Crippen LogP contribution is -2.65. The molecule has 0 saturated carbocycles. The van der Waals surface area contributed by atoms with Crippen LogP contribution in [0.3, 0.4) is 0 Å². The van der Waals surface area contributed by atoms with E-state index in [0.29, 0.717) is 18.8 Å². The summed E-state index contributed by atoms with van der Waals surface area (Å²) in [4.78, 5) is 102. The fraction of sp³-hybridized carbons (Fsp3) is 0.745. The third-order valence-electron chi connectivity index (χ3n) is 14.6. The van der Waals surface area contributed by atoms with Crippen molar-refractivity contribution in [3.05, 3.63) is 29.8 Å². The number of nitrogens with zero attached hydrogens (tertiary/aromatic N) is 2. The number of phenols is 1. The van der Waals surface area contributed by atoms with Crippen LogP contribution in [0, 0.1) is 5.92 Å². The number of fused-ring (bicyclic) bond motifs is 2. The van der Waals surface area contributed by atoms with E-state index >= 15 is 0 Å². The number of benzene rings is 1. The molecule has 25 nitrogen and oxygen atoms in total. The Morgan fingerprint density at radius 3 is 1.93 bits per heavy atom. The van der Waals surface area contributed by atoms with Gasteiger partial charge in [-0.1, -0.05) is 83.8 Å². The van der Waals surface area contributed by atoms with Crippen LogP contribution in [0.15, 0.2) is 24.3 Å². The van der Waals surface area contributed by atoms with E-state index < -0.39 is 146 Å². The van der Waals surface area contributed by atoms with Crippen LogP contribution in [0.25, 0.3) is 0 Å². The highest BCUT2D eigenvalue weighted by Crippen LogP contribution is 2.26. The van der Waals surface area contributed by atoms with Gasteiger partial charge < -0.3 is 88.7 Å². The Labute approximate surface area is 444 Å². The van der Waals surface area contributed by atoms with Crippen LogP contribution in [-0.2, 0) is 33.6 Å². The molecule has 430 valence electrons. The minimum Gasteiger partial charge on any atom is -0.508 e. The Morgan fingerprint density at radius 1 is 0.711 bits per heavy atom. The number of carbonyl (C=O) groups is 7. The Hall–Kier alpha value is -5.09. The van der Waals surface area contributed by atoms with Gasteiger partial charge in [-0.3, -0.25) is 38.9 Å². The summed E-state index contributed by atoms with van der Waals surface area (Å²) in [6.45, 7) is 4.44. The highest BCUT2D eigenvalue weighted by molar-refractivity contribution is 5.98. The first kappa shape index (κ1) is 63.4. The zero-order valence-corrected chi connectivity index (χ0v) is 44.1. The highest BCUT2D eigenvalue weighted by Gasteiger charge is 2.49. The molecule has 4 rings (SSSR count). The van der Waals surface area contributed by atoms with Crippen molar-refractivity contribution in [2.45, 2.75) is 202 Å². The molecule has 3 saturated heterocycles. The number of hydrogen-bond acceptors (Lipinski definition) is 18. The van der Waals surface area contributed by atoms with Gasteiger partial charge in [0, 0.05) is 45.4 Å². The number of nitrogens with two attached hydrogens (primary N) is 2. The molecule has 3 fully saturated rings. The molecule has 76 heavy (non-hydrogen) atoms. The second-order valence-electron chi connectivity index (χ2n) is 20.6. The lowest BCUT2D eigenvalue weighted by Gasteiger charge is -2.35. The number of unbranched alkanes of at least 4 members (excludes halogenated alkanes) is 7. The van der Waals surface area contributed by atoms with E-state index in [-0.39, 0.29) is 56.8 Å². The van der Waals surface area contributed by atoms with Crippen LogP contribution in [-0.4, -0.2) is 204 Å². The minimum absolute atomic E-state index is 0.0228. The topological polar surface area (TPSA) is 412 Å². The van der Waals surface area contributed by atoms with Gasteiger partial charge in [0.05, 0.1) is 30.5 Å². The van der Waals surface area contributed by atoms with E-state index in [9.17, 15) is 74.4 Å². The number of nitrogens with one attached hydrogen (secondary N) is 6. The normalized spacial score (nSPS) is 28.4. The Kier molecular flexibility index (Phi) is 26.2. The second kappa shape index (κ2) is 31.3. The quantitative estimate of drug-likeness (QED) is 0.0472. The molecular weight excluding hydrogens is 993 g/mol. The van der Waals surface area contributed by atoms with Gasteiger partial charge in [-0.25, -0.2) is 0 Å². The van der Waals surface area contributed by atoms with Gasteiger partial charge in [0.25, 0.3) is 0 Å². The van der Waals surface area contributed by atoms with Crippen molar-refractivity contribution >= 4 is 41.4 Å². The number of carbonyl (C=O) groups excluding carboxylic acids is 7. The van der Waals surface area contributed by atoms with Gasteiger partial charge >= 0.3 is 0 Å².